The highest BCUT2D eigenvalue weighted by Crippen LogP contribution is 2.29. The molecule has 2 aliphatic rings. The monoisotopic (exact) mass is 449 g/mol. The van der Waals surface area contributed by atoms with Gasteiger partial charge in [0.25, 0.3) is 0 Å². The summed E-state index contributed by atoms with van der Waals surface area (Å²) >= 11 is 1.60. The van der Waals surface area contributed by atoms with E-state index in [1.54, 1.807) is 35.7 Å². The molecule has 0 radical (unpaired) electrons. The van der Waals surface area contributed by atoms with Crippen molar-refractivity contribution in [2.45, 2.75) is 56.7 Å². The molecule has 1 amide bonds. The van der Waals surface area contributed by atoms with E-state index >= 15 is 0 Å². The maximum absolute atomic E-state index is 13.7. The first-order valence-electron chi connectivity index (χ1n) is 10.6. The summed E-state index contributed by atoms with van der Waals surface area (Å²) in [7, 11) is 0. The number of aliphatic hydroxyl groups excluding tert-OH is 1. The van der Waals surface area contributed by atoms with Gasteiger partial charge < -0.3 is 19.9 Å². The lowest BCUT2D eigenvalue weighted by Crippen LogP contribution is -2.55. The zero-order valence-electron chi connectivity index (χ0n) is 17.3. The van der Waals surface area contributed by atoms with E-state index in [9.17, 15) is 14.3 Å². The Kier molecular flexibility index (Phi) is 7.62. The molecule has 7 nitrogen and oxygen atoms in total. The van der Waals surface area contributed by atoms with Gasteiger partial charge in [0, 0.05) is 36.3 Å². The molecule has 0 bridgehead atoms. The van der Waals surface area contributed by atoms with E-state index < -0.39 is 6.10 Å². The predicted molar refractivity (Wildman–Crippen MR) is 114 cm³/mol. The van der Waals surface area contributed by atoms with E-state index in [-0.39, 0.29) is 49.5 Å². The Morgan fingerprint density at radius 2 is 2.19 bits per heavy atom. The molecule has 2 saturated heterocycles. The minimum absolute atomic E-state index is 0.0941. The highest BCUT2D eigenvalue weighted by atomic mass is 32.1. The van der Waals surface area contributed by atoms with Crippen molar-refractivity contribution in [2.24, 2.45) is 0 Å². The average Bonchev–Trinajstić information content (AvgIpc) is 3.25. The number of carbonyl (C=O) groups excluding carboxylic acids is 1. The third-order valence-electron chi connectivity index (χ3n) is 5.76. The molecule has 168 valence electrons. The number of fused-ring (bicyclic) bond motifs is 1. The summed E-state index contributed by atoms with van der Waals surface area (Å²) in [4.78, 5) is 19.0. The molecule has 0 saturated carbocycles. The fourth-order valence-corrected chi connectivity index (χ4v) is 4.89. The Hall–Kier alpha value is -1.91. The van der Waals surface area contributed by atoms with Crippen molar-refractivity contribution in [3.63, 3.8) is 0 Å². The molecule has 4 atom stereocenters. The van der Waals surface area contributed by atoms with Crippen LogP contribution < -0.4 is 5.32 Å². The lowest BCUT2D eigenvalue weighted by molar-refractivity contribution is -0.158. The largest absolute Gasteiger partial charge is 0.389 e. The summed E-state index contributed by atoms with van der Waals surface area (Å²) < 4.78 is 25.7. The van der Waals surface area contributed by atoms with Crippen molar-refractivity contribution in [3.8, 4) is 0 Å². The third kappa shape index (κ3) is 6.08. The number of nitrogens with zero attached hydrogens (tertiary/aromatic N) is 2. The topological polar surface area (TPSA) is 83.9 Å². The van der Waals surface area contributed by atoms with Gasteiger partial charge in [-0.3, -0.25) is 9.69 Å². The van der Waals surface area contributed by atoms with Gasteiger partial charge in [0.1, 0.15) is 10.8 Å². The molecule has 0 unspecified atom stereocenters. The molecule has 2 N–H and O–H groups in total. The minimum Gasteiger partial charge on any atom is -0.389 e. The summed E-state index contributed by atoms with van der Waals surface area (Å²) in [5, 5.41) is 16.0. The van der Waals surface area contributed by atoms with Crippen LogP contribution in [0.4, 0.5) is 4.39 Å². The molecule has 2 fully saturated rings. The molecular formula is C22H28FN3O4S. The van der Waals surface area contributed by atoms with Gasteiger partial charge in [-0.05, 0) is 18.9 Å². The van der Waals surface area contributed by atoms with Crippen molar-refractivity contribution in [3.05, 3.63) is 52.2 Å². The summed E-state index contributed by atoms with van der Waals surface area (Å²) in [6, 6.07) is 6.51. The molecule has 0 aliphatic carbocycles. The van der Waals surface area contributed by atoms with Crippen molar-refractivity contribution >= 4 is 17.2 Å². The zero-order chi connectivity index (χ0) is 21.6. The van der Waals surface area contributed by atoms with Crippen LogP contribution in [0.2, 0.25) is 0 Å². The van der Waals surface area contributed by atoms with E-state index in [0.717, 1.165) is 17.8 Å². The number of aromatic nitrogens is 1. The van der Waals surface area contributed by atoms with Gasteiger partial charge >= 0.3 is 0 Å². The highest BCUT2D eigenvalue weighted by Gasteiger charge is 2.38. The maximum Gasteiger partial charge on any atom is 0.222 e. The third-order valence-corrected chi connectivity index (χ3v) is 6.52. The first-order valence-corrected chi connectivity index (χ1v) is 11.5. The normalized spacial score (nSPS) is 27.2. The van der Waals surface area contributed by atoms with Crippen LogP contribution in [0.5, 0.6) is 0 Å². The molecule has 4 rings (SSSR count). The quantitative estimate of drug-likeness (QED) is 0.703. The summed E-state index contributed by atoms with van der Waals surface area (Å²) in [6.45, 7) is 1.95. The molecule has 31 heavy (non-hydrogen) atoms. The Labute approximate surface area is 185 Å². The number of ether oxygens (including phenoxy) is 2. The number of halogens is 1. The standard InChI is InChI=1S/C22H28FN3O4S/c23-18-4-2-1-3-15(18)10-25-21(28)9-17-5-6-19-20(30-17)14-29-13-16(27)11-26(19)12-22-24-7-8-31-22/h1-4,7-8,16-17,19-20,27H,5-6,9-14H2,(H,25,28)/t16-,17-,19+,20-/m0/s1. The van der Waals surface area contributed by atoms with Gasteiger partial charge in [0.15, 0.2) is 0 Å². The lowest BCUT2D eigenvalue weighted by Gasteiger charge is -2.44. The number of carbonyl (C=O) groups is 1. The smallest absolute Gasteiger partial charge is 0.222 e. The lowest BCUT2D eigenvalue weighted by atomic mass is 9.94. The number of nitrogens with one attached hydrogen (secondary N) is 1. The van der Waals surface area contributed by atoms with Gasteiger partial charge in [-0.2, -0.15) is 0 Å². The molecule has 9 heteroatoms. The number of hydrogen-bond acceptors (Lipinski definition) is 7. The molecular weight excluding hydrogens is 421 g/mol. The van der Waals surface area contributed by atoms with Crippen LogP contribution in [0.15, 0.2) is 35.8 Å². The van der Waals surface area contributed by atoms with Crippen LogP contribution in [0.25, 0.3) is 0 Å². The molecule has 2 aliphatic heterocycles. The van der Waals surface area contributed by atoms with Gasteiger partial charge in [-0.15, -0.1) is 11.3 Å². The Balaban J connectivity index is 1.33. The van der Waals surface area contributed by atoms with Crippen LogP contribution in [0.3, 0.4) is 0 Å². The zero-order valence-corrected chi connectivity index (χ0v) is 18.1. The van der Waals surface area contributed by atoms with E-state index in [1.165, 1.54) is 6.07 Å². The van der Waals surface area contributed by atoms with Gasteiger partial charge in [-0.1, -0.05) is 18.2 Å². The van der Waals surface area contributed by atoms with Crippen molar-refractivity contribution in [1.82, 2.24) is 15.2 Å². The molecule has 1 aromatic carbocycles. The number of thiazole rings is 1. The number of β-amino-alcohol motifs (C(OH)–C–C–N with tert-alkyl or cyclic N) is 1. The molecule has 3 heterocycles. The van der Waals surface area contributed by atoms with Crippen LogP contribution in [0, 0.1) is 5.82 Å². The van der Waals surface area contributed by atoms with Crippen molar-refractivity contribution in [1.29, 1.82) is 0 Å². The highest BCUT2D eigenvalue weighted by molar-refractivity contribution is 7.09. The fourth-order valence-electron chi connectivity index (χ4n) is 4.25. The second-order valence-electron chi connectivity index (χ2n) is 8.06. The molecule has 1 aromatic heterocycles. The first kappa shape index (κ1) is 22.3. The van der Waals surface area contributed by atoms with Crippen molar-refractivity contribution in [2.75, 3.05) is 19.8 Å². The SMILES string of the molecule is O=C(C[C@@H]1CC[C@@H]2[C@H](COC[C@@H](O)CN2Cc2nccs2)O1)NCc1ccccc1F. The van der Waals surface area contributed by atoms with Crippen LogP contribution >= 0.6 is 11.3 Å². The Morgan fingerprint density at radius 1 is 1.32 bits per heavy atom. The molecule has 2 aromatic rings. The van der Waals surface area contributed by atoms with Gasteiger partial charge in [0.05, 0.1) is 44.5 Å². The second kappa shape index (κ2) is 10.6. The van der Waals surface area contributed by atoms with Crippen LogP contribution in [-0.2, 0) is 27.4 Å². The minimum atomic E-state index is -0.553. The fraction of sp³-hybridized carbons (Fsp3) is 0.545. The predicted octanol–water partition coefficient (Wildman–Crippen LogP) is 2.10. The number of hydrogen-bond donors (Lipinski definition) is 2. The molecule has 0 spiro atoms. The summed E-state index contributed by atoms with van der Waals surface area (Å²) in [5.74, 6) is -0.484. The van der Waals surface area contributed by atoms with E-state index in [1.807, 2.05) is 5.38 Å². The first-order chi connectivity index (χ1) is 15.1. The average molecular weight is 450 g/mol. The van der Waals surface area contributed by atoms with Crippen LogP contribution in [-0.4, -0.2) is 65.0 Å². The Bertz CT molecular complexity index is 853. The van der Waals surface area contributed by atoms with E-state index in [4.69, 9.17) is 9.47 Å². The van der Waals surface area contributed by atoms with Gasteiger partial charge in [-0.25, -0.2) is 9.37 Å². The summed E-state index contributed by atoms with van der Waals surface area (Å²) in [6.07, 6.45) is 2.65. The number of rotatable bonds is 6. The Morgan fingerprint density at radius 3 is 3.00 bits per heavy atom. The number of benzene rings is 1. The number of amides is 1. The maximum atomic E-state index is 13.7. The van der Waals surface area contributed by atoms with Gasteiger partial charge in [0.2, 0.25) is 5.91 Å². The van der Waals surface area contributed by atoms with Crippen LogP contribution in [0.1, 0.15) is 29.8 Å². The van der Waals surface area contributed by atoms with E-state index in [0.29, 0.717) is 25.3 Å². The number of aliphatic hydroxyl groups is 1. The summed E-state index contributed by atoms with van der Waals surface area (Å²) in [5.41, 5.74) is 0.463. The second-order valence-corrected chi connectivity index (χ2v) is 9.04. The van der Waals surface area contributed by atoms with Crippen molar-refractivity contribution < 1.29 is 23.8 Å². The van der Waals surface area contributed by atoms with E-state index in [2.05, 4.69) is 15.2 Å².